The number of anilines is 1. The SMILES string of the molecule is O=C(O)c1cc2c(s1)NC(Cc1ccc(Cl)c(Cl)c1)=NC2S. The summed E-state index contributed by atoms with van der Waals surface area (Å²) in [6.45, 7) is 0. The lowest BCUT2D eigenvalue weighted by Gasteiger charge is -2.19. The molecule has 1 aliphatic heterocycles. The first-order chi connectivity index (χ1) is 10.4. The summed E-state index contributed by atoms with van der Waals surface area (Å²) in [6, 6.07) is 7.00. The minimum atomic E-state index is -0.951. The average Bonchev–Trinajstić information content (AvgIpc) is 2.88. The number of carboxylic acids is 1. The Hall–Kier alpha value is -1.21. The van der Waals surface area contributed by atoms with Crippen molar-refractivity contribution in [1.29, 1.82) is 0 Å². The number of fused-ring (bicyclic) bond motifs is 1. The Labute approximate surface area is 146 Å². The summed E-state index contributed by atoms with van der Waals surface area (Å²) in [5.74, 6) is -0.238. The Morgan fingerprint density at radius 1 is 1.36 bits per heavy atom. The Balaban J connectivity index is 1.83. The van der Waals surface area contributed by atoms with Gasteiger partial charge in [0.25, 0.3) is 0 Å². The maximum Gasteiger partial charge on any atom is 0.345 e. The molecule has 0 radical (unpaired) electrons. The van der Waals surface area contributed by atoms with E-state index < -0.39 is 5.97 Å². The number of carbonyl (C=O) groups is 1. The van der Waals surface area contributed by atoms with Gasteiger partial charge in [-0.05, 0) is 23.8 Å². The molecule has 8 heteroatoms. The molecule has 0 saturated heterocycles. The molecule has 0 spiro atoms. The lowest BCUT2D eigenvalue weighted by molar-refractivity contribution is 0.0702. The lowest BCUT2D eigenvalue weighted by Crippen LogP contribution is -2.19. The predicted molar refractivity (Wildman–Crippen MR) is 94.2 cm³/mol. The van der Waals surface area contributed by atoms with E-state index in [4.69, 9.17) is 28.3 Å². The van der Waals surface area contributed by atoms with E-state index in [1.807, 2.05) is 6.07 Å². The second-order valence-corrected chi connectivity index (χ2v) is 7.06. The smallest absolute Gasteiger partial charge is 0.345 e. The van der Waals surface area contributed by atoms with Crippen molar-refractivity contribution in [2.45, 2.75) is 11.8 Å². The Kier molecular flexibility index (Phi) is 4.36. The van der Waals surface area contributed by atoms with Crippen LogP contribution in [0.3, 0.4) is 0 Å². The molecule has 1 aromatic heterocycles. The average molecular weight is 373 g/mol. The zero-order chi connectivity index (χ0) is 15.9. The first kappa shape index (κ1) is 15.7. The fraction of sp³-hybridized carbons (Fsp3) is 0.143. The van der Waals surface area contributed by atoms with Crippen molar-refractivity contribution in [2.24, 2.45) is 4.99 Å². The highest BCUT2D eigenvalue weighted by molar-refractivity contribution is 7.80. The first-order valence-electron chi connectivity index (χ1n) is 6.27. The van der Waals surface area contributed by atoms with Gasteiger partial charge in [-0.3, -0.25) is 4.99 Å². The quantitative estimate of drug-likeness (QED) is 0.681. The van der Waals surface area contributed by atoms with Crippen LogP contribution in [-0.4, -0.2) is 16.9 Å². The van der Waals surface area contributed by atoms with E-state index in [-0.39, 0.29) is 10.3 Å². The maximum atomic E-state index is 11.1. The van der Waals surface area contributed by atoms with Crippen LogP contribution in [0.25, 0.3) is 0 Å². The lowest BCUT2D eigenvalue weighted by atomic mass is 10.1. The molecule has 2 aromatic rings. The Morgan fingerprint density at radius 3 is 2.82 bits per heavy atom. The molecule has 1 aliphatic rings. The summed E-state index contributed by atoms with van der Waals surface area (Å²) in [7, 11) is 0. The van der Waals surface area contributed by atoms with Crippen LogP contribution >= 0.6 is 47.2 Å². The first-order valence-corrected chi connectivity index (χ1v) is 8.35. The van der Waals surface area contributed by atoms with E-state index in [1.54, 1.807) is 18.2 Å². The maximum absolute atomic E-state index is 11.1. The molecule has 1 atom stereocenters. The minimum absolute atomic E-state index is 0.266. The van der Waals surface area contributed by atoms with Crippen LogP contribution in [0.5, 0.6) is 0 Å². The number of aliphatic imine (C=N–C) groups is 1. The number of nitrogens with zero attached hydrogens (tertiary/aromatic N) is 1. The van der Waals surface area contributed by atoms with E-state index in [0.717, 1.165) is 16.1 Å². The van der Waals surface area contributed by atoms with E-state index in [9.17, 15) is 4.79 Å². The van der Waals surface area contributed by atoms with Crippen molar-refractivity contribution < 1.29 is 9.90 Å². The molecule has 2 N–H and O–H groups in total. The minimum Gasteiger partial charge on any atom is -0.477 e. The van der Waals surface area contributed by atoms with E-state index in [0.29, 0.717) is 22.3 Å². The summed E-state index contributed by atoms with van der Waals surface area (Å²) in [4.78, 5) is 15.8. The molecule has 0 fully saturated rings. The molecule has 1 unspecified atom stereocenters. The van der Waals surface area contributed by atoms with Gasteiger partial charge in [-0.15, -0.1) is 24.0 Å². The number of hydrogen-bond donors (Lipinski definition) is 3. The number of hydrogen-bond acceptors (Lipinski definition) is 5. The largest absolute Gasteiger partial charge is 0.477 e. The second-order valence-electron chi connectivity index (χ2n) is 4.70. The highest BCUT2D eigenvalue weighted by Gasteiger charge is 2.23. The van der Waals surface area contributed by atoms with Gasteiger partial charge in [-0.1, -0.05) is 29.3 Å². The third-order valence-electron chi connectivity index (χ3n) is 3.14. The van der Waals surface area contributed by atoms with E-state index in [2.05, 4.69) is 22.9 Å². The number of rotatable bonds is 3. The topological polar surface area (TPSA) is 61.7 Å². The molecule has 0 saturated carbocycles. The third kappa shape index (κ3) is 3.10. The summed E-state index contributed by atoms with van der Waals surface area (Å²) >= 11 is 17.5. The summed E-state index contributed by atoms with van der Waals surface area (Å²) in [5, 5.41) is 13.6. The van der Waals surface area contributed by atoms with Crippen LogP contribution < -0.4 is 5.32 Å². The van der Waals surface area contributed by atoms with Gasteiger partial charge in [0.2, 0.25) is 0 Å². The number of aromatic carboxylic acids is 1. The van der Waals surface area contributed by atoms with Gasteiger partial charge in [-0.2, -0.15) is 0 Å². The number of thiophene rings is 1. The van der Waals surface area contributed by atoms with Crippen LogP contribution in [0.1, 0.15) is 26.2 Å². The summed E-state index contributed by atoms with van der Waals surface area (Å²) in [5.41, 5.74) is 1.74. The van der Waals surface area contributed by atoms with Crippen molar-refractivity contribution in [3.63, 3.8) is 0 Å². The number of halogens is 2. The number of thiol groups is 1. The van der Waals surface area contributed by atoms with Gasteiger partial charge >= 0.3 is 5.97 Å². The van der Waals surface area contributed by atoms with Gasteiger partial charge in [0, 0.05) is 12.0 Å². The standard InChI is InChI=1S/C14H10Cl2N2O2S2/c15-8-2-1-6(3-9(8)16)4-11-17-12(21)7-5-10(14(19)20)22-13(7)18-11/h1-3,5,12,21H,4H2,(H,17,18)(H,19,20). The molecule has 3 rings (SSSR count). The predicted octanol–water partition coefficient (Wildman–Crippen LogP) is 4.75. The van der Waals surface area contributed by atoms with Crippen LogP contribution in [0.4, 0.5) is 5.00 Å². The van der Waals surface area contributed by atoms with E-state index >= 15 is 0 Å². The summed E-state index contributed by atoms with van der Waals surface area (Å²) in [6.07, 6.45) is 0.535. The monoisotopic (exact) mass is 372 g/mol. The Bertz CT molecular complexity index is 789. The van der Waals surface area contributed by atoms with Crippen molar-refractivity contribution in [1.82, 2.24) is 0 Å². The molecule has 0 bridgehead atoms. The van der Waals surface area contributed by atoms with Crippen molar-refractivity contribution in [3.8, 4) is 0 Å². The van der Waals surface area contributed by atoms with Crippen molar-refractivity contribution >= 4 is 64.0 Å². The molecular weight excluding hydrogens is 363 g/mol. The molecular formula is C14H10Cl2N2O2S2. The van der Waals surface area contributed by atoms with Gasteiger partial charge in [0.05, 0.1) is 10.0 Å². The molecule has 2 heterocycles. The summed E-state index contributed by atoms with van der Waals surface area (Å²) < 4.78 is 0. The second kappa shape index (κ2) is 6.12. The fourth-order valence-corrected chi connectivity index (χ4v) is 3.81. The van der Waals surface area contributed by atoms with Gasteiger partial charge in [0.1, 0.15) is 21.1 Å². The molecule has 114 valence electrons. The number of nitrogens with one attached hydrogen (secondary N) is 1. The third-order valence-corrected chi connectivity index (χ3v) is 5.33. The highest BCUT2D eigenvalue weighted by atomic mass is 35.5. The van der Waals surface area contributed by atoms with Crippen LogP contribution in [0.2, 0.25) is 10.0 Å². The zero-order valence-corrected chi connectivity index (χ0v) is 14.2. The Morgan fingerprint density at radius 2 is 2.14 bits per heavy atom. The highest BCUT2D eigenvalue weighted by Crippen LogP contribution is 2.39. The fourth-order valence-electron chi connectivity index (χ4n) is 2.11. The molecule has 4 nitrogen and oxygen atoms in total. The van der Waals surface area contributed by atoms with Crippen molar-refractivity contribution in [3.05, 3.63) is 50.3 Å². The van der Waals surface area contributed by atoms with E-state index in [1.165, 1.54) is 11.3 Å². The van der Waals surface area contributed by atoms with Crippen LogP contribution in [0.15, 0.2) is 29.3 Å². The van der Waals surface area contributed by atoms with Gasteiger partial charge in [-0.25, -0.2) is 4.79 Å². The molecule has 0 aliphatic carbocycles. The normalized spacial score (nSPS) is 16.7. The number of amidine groups is 1. The molecule has 0 amide bonds. The molecule has 1 aromatic carbocycles. The zero-order valence-electron chi connectivity index (χ0n) is 11.0. The van der Waals surface area contributed by atoms with Crippen LogP contribution in [-0.2, 0) is 6.42 Å². The number of carboxylic acid groups (broad SMARTS) is 1. The van der Waals surface area contributed by atoms with Crippen LogP contribution in [0, 0.1) is 0 Å². The van der Waals surface area contributed by atoms with Crippen molar-refractivity contribution in [2.75, 3.05) is 5.32 Å². The van der Waals surface area contributed by atoms with Gasteiger partial charge in [0.15, 0.2) is 0 Å². The number of benzene rings is 1. The molecule has 22 heavy (non-hydrogen) atoms. The van der Waals surface area contributed by atoms with Gasteiger partial charge < -0.3 is 10.4 Å².